The average molecular weight is 273 g/mol. The summed E-state index contributed by atoms with van der Waals surface area (Å²) in [6, 6.07) is 5.85. The Bertz CT molecular complexity index is 467. The average Bonchev–Trinajstić information content (AvgIpc) is 3.21. The summed E-state index contributed by atoms with van der Waals surface area (Å²) < 4.78 is 0. The number of aromatic nitrogens is 1. The number of pyridine rings is 1. The second kappa shape index (κ2) is 5.72. The molecule has 3 nitrogen and oxygen atoms in total. The quantitative estimate of drug-likeness (QED) is 0.912. The SMILES string of the molecule is Cc1nc(N2CCC(C)CC2C)ccc1CNC1CC1. The van der Waals surface area contributed by atoms with Gasteiger partial charge in [-0.1, -0.05) is 13.0 Å². The molecule has 20 heavy (non-hydrogen) atoms. The van der Waals surface area contributed by atoms with E-state index in [0.29, 0.717) is 6.04 Å². The third kappa shape index (κ3) is 3.14. The zero-order valence-electron chi connectivity index (χ0n) is 13.0. The van der Waals surface area contributed by atoms with Crippen molar-refractivity contribution in [3.05, 3.63) is 23.4 Å². The van der Waals surface area contributed by atoms with E-state index >= 15 is 0 Å². The van der Waals surface area contributed by atoms with Gasteiger partial charge in [0.05, 0.1) is 0 Å². The van der Waals surface area contributed by atoms with Gasteiger partial charge in [-0.15, -0.1) is 0 Å². The zero-order valence-corrected chi connectivity index (χ0v) is 13.0. The Kier molecular flexibility index (Phi) is 3.97. The Labute approximate surface area is 122 Å². The third-order valence-electron chi connectivity index (χ3n) is 4.77. The molecule has 1 saturated heterocycles. The summed E-state index contributed by atoms with van der Waals surface area (Å²) in [4.78, 5) is 7.33. The minimum Gasteiger partial charge on any atom is -0.354 e. The second-order valence-corrected chi connectivity index (χ2v) is 6.74. The van der Waals surface area contributed by atoms with Gasteiger partial charge in [0.1, 0.15) is 5.82 Å². The Morgan fingerprint density at radius 2 is 2.05 bits per heavy atom. The van der Waals surface area contributed by atoms with Gasteiger partial charge in [-0.2, -0.15) is 0 Å². The van der Waals surface area contributed by atoms with Crippen molar-refractivity contribution in [2.75, 3.05) is 11.4 Å². The molecule has 2 aliphatic rings. The predicted octanol–water partition coefficient (Wildman–Crippen LogP) is 3.27. The fourth-order valence-corrected chi connectivity index (χ4v) is 3.21. The highest BCUT2D eigenvalue weighted by Crippen LogP contribution is 2.27. The smallest absolute Gasteiger partial charge is 0.129 e. The number of hydrogen-bond donors (Lipinski definition) is 1. The van der Waals surface area contributed by atoms with Gasteiger partial charge in [0.2, 0.25) is 0 Å². The molecule has 0 aromatic carbocycles. The Morgan fingerprint density at radius 3 is 2.70 bits per heavy atom. The first-order valence-electron chi connectivity index (χ1n) is 8.10. The van der Waals surface area contributed by atoms with Gasteiger partial charge < -0.3 is 10.2 Å². The summed E-state index contributed by atoms with van der Waals surface area (Å²) in [6.07, 6.45) is 5.25. The highest BCUT2D eigenvalue weighted by Gasteiger charge is 2.24. The first-order valence-corrected chi connectivity index (χ1v) is 8.10. The minimum atomic E-state index is 0.612. The molecule has 1 aliphatic carbocycles. The molecule has 0 bridgehead atoms. The standard InChI is InChI=1S/C17H27N3/c1-12-8-9-20(13(2)10-12)17-7-4-15(14(3)19-17)11-18-16-5-6-16/h4,7,12-13,16,18H,5-6,8-11H2,1-3H3. The van der Waals surface area contributed by atoms with Crippen LogP contribution in [0.3, 0.4) is 0 Å². The normalized spacial score (nSPS) is 26.9. The van der Waals surface area contributed by atoms with Crippen LogP contribution in [0.5, 0.6) is 0 Å². The lowest BCUT2D eigenvalue weighted by molar-refractivity contribution is 0.376. The van der Waals surface area contributed by atoms with Crippen LogP contribution in [-0.2, 0) is 6.54 Å². The predicted molar refractivity (Wildman–Crippen MR) is 84.0 cm³/mol. The van der Waals surface area contributed by atoms with Crippen LogP contribution < -0.4 is 10.2 Å². The molecule has 1 saturated carbocycles. The van der Waals surface area contributed by atoms with Gasteiger partial charge in [-0.3, -0.25) is 0 Å². The lowest BCUT2D eigenvalue weighted by atomic mass is 9.93. The summed E-state index contributed by atoms with van der Waals surface area (Å²) in [7, 11) is 0. The molecule has 1 aliphatic heterocycles. The lowest BCUT2D eigenvalue weighted by Crippen LogP contribution is -2.40. The molecule has 110 valence electrons. The number of rotatable bonds is 4. The number of anilines is 1. The summed E-state index contributed by atoms with van der Waals surface area (Å²) in [6.45, 7) is 8.95. The number of hydrogen-bond acceptors (Lipinski definition) is 3. The maximum Gasteiger partial charge on any atom is 0.129 e. The van der Waals surface area contributed by atoms with E-state index in [2.05, 4.69) is 43.1 Å². The summed E-state index contributed by atoms with van der Waals surface area (Å²) in [5, 5.41) is 3.57. The summed E-state index contributed by atoms with van der Waals surface area (Å²) in [5.41, 5.74) is 2.53. The molecule has 2 heterocycles. The van der Waals surface area contributed by atoms with Gasteiger partial charge >= 0.3 is 0 Å². The van der Waals surface area contributed by atoms with Crippen LogP contribution >= 0.6 is 0 Å². The molecule has 3 heteroatoms. The van der Waals surface area contributed by atoms with E-state index in [1.54, 1.807) is 0 Å². The maximum absolute atomic E-state index is 4.86. The molecular weight excluding hydrogens is 246 g/mol. The van der Waals surface area contributed by atoms with Gasteiger partial charge in [-0.05, 0) is 57.1 Å². The van der Waals surface area contributed by atoms with E-state index in [1.165, 1.54) is 36.9 Å². The molecule has 1 N–H and O–H groups in total. The van der Waals surface area contributed by atoms with Crippen molar-refractivity contribution in [2.24, 2.45) is 5.92 Å². The van der Waals surface area contributed by atoms with Crippen LogP contribution in [0.15, 0.2) is 12.1 Å². The van der Waals surface area contributed by atoms with E-state index in [0.717, 1.165) is 30.9 Å². The van der Waals surface area contributed by atoms with Crippen LogP contribution in [0.1, 0.15) is 50.8 Å². The topological polar surface area (TPSA) is 28.2 Å². The van der Waals surface area contributed by atoms with E-state index in [1.807, 2.05) is 0 Å². The molecule has 1 aromatic rings. The monoisotopic (exact) mass is 273 g/mol. The first kappa shape index (κ1) is 13.9. The largest absolute Gasteiger partial charge is 0.354 e. The van der Waals surface area contributed by atoms with E-state index in [9.17, 15) is 0 Å². The Morgan fingerprint density at radius 1 is 1.25 bits per heavy atom. The van der Waals surface area contributed by atoms with Crippen molar-refractivity contribution in [2.45, 2.75) is 65.1 Å². The van der Waals surface area contributed by atoms with Crippen LogP contribution in [0.4, 0.5) is 5.82 Å². The number of nitrogens with one attached hydrogen (secondary N) is 1. The van der Waals surface area contributed by atoms with Crippen molar-refractivity contribution < 1.29 is 0 Å². The molecule has 2 unspecified atom stereocenters. The molecule has 1 aromatic heterocycles. The molecule has 0 radical (unpaired) electrons. The van der Waals surface area contributed by atoms with Gasteiger partial charge in [0.15, 0.2) is 0 Å². The summed E-state index contributed by atoms with van der Waals surface area (Å²) in [5.74, 6) is 2.02. The Balaban J connectivity index is 1.68. The fraction of sp³-hybridized carbons (Fsp3) is 0.706. The van der Waals surface area contributed by atoms with E-state index in [4.69, 9.17) is 4.98 Å². The number of nitrogens with zero attached hydrogens (tertiary/aromatic N) is 2. The van der Waals surface area contributed by atoms with Gasteiger partial charge in [0.25, 0.3) is 0 Å². The molecule has 3 rings (SSSR count). The molecule has 0 amide bonds. The van der Waals surface area contributed by atoms with Gasteiger partial charge in [0, 0.05) is 30.9 Å². The van der Waals surface area contributed by atoms with Crippen LogP contribution in [-0.4, -0.2) is 23.6 Å². The fourth-order valence-electron chi connectivity index (χ4n) is 3.21. The van der Waals surface area contributed by atoms with Crippen molar-refractivity contribution >= 4 is 5.82 Å². The minimum absolute atomic E-state index is 0.612. The number of aryl methyl sites for hydroxylation is 1. The van der Waals surface area contributed by atoms with Crippen molar-refractivity contribution in [1.29, 1.82) is 0 Å². The van der Waals surface area contributed by atoms with Crippen LogP contribution in [0, 0.1) is 12.8 Å². The first-order chi connectivity index (χ1) is 9.63. The molecule has 2 atom stereocenters. The highest BCUT2D eigenvalue weighted by atomic mass is 15.2. The number of piperidine rings is 1. The van der Waals surface area contributed by atoms with Crippen molar-refractivity contribution in [3.63, 3.8) is 0 Å². The maximum atomic E-state index is 4.86. The van der Waals surface area contributed by atoms with Gasteiger partial charge in [-0.25, -0.2) is 4.98 Å². The lowest BCUT2D eigenvalue weighted by Gasteiger charge is -2.37. The summed E-state index contributed by atoms with van der Waals surface area (Å²) >= 11 is 0. The molecule has 2 fully saturated rings. The second-order valence-electron chi connectivity index (χ2n) is 6.74. The highest BCUT2D eigenvalue weighted by molar-refractivity contribution is 5.43. The van der Waals surface area contributed by atoms with Crippen molar-refractivity contribution in [3.8, 4) is 0 Å². The Hall–Kier alpha value is -1.09. The van der Waals surface area contributed by atoms with E-state index in [-0.39, 0.29) is 0 Å². The molecular formula is C17H27N3. The third-order valence-corrected chi connectivity index (χ3v) is 4.77. The van der Waals surface area contributed by atoms with Crippen LogP contribution in [0.2, 0.25) is 0 Å². The zero-order chi connectivity index (χ0) is 14.1. The molecule has 0 spiro atoms. The van der Waals surface area contributed by atoms with Crippen molar-refractivity contribution in [1.82, 2.24) is 10.3 Å². The van der Waals surface area contributed by atoms with Crippen LogP contribution in [0.25, 0.3) is 0 Å². The van der Waals surface area contributed by atoms with E-state index < -0.39 is 0 Å².